The molecule has 1 N–H and O–H groups in total. The predicted molar refractivity (Wildman–Crippen MR) is 133 cm³/mol. The van der Waals surface area contributed by atoms with Crippen molar-refractivity contribution in [2.45, 2.75) is 37.5 Å². The van der Waals surface area contributed by atoms with Crippen LogP contribution in [0.5, 0.6) is 0 Å². The first kappa shape index (κ1) is 23.8. The fraction of sp³-hybridized carbons (Fsp3) is 0.481. The van der Waals surface area contributed by atoms with Gasteiger partial charge in [0.05, 0.1) is 18.3 Å². The van der Waals surface area contributed by atoms with Crippen LogP contribution < -0.4 is 10.2 Å². The van der Waals surface area contributed by atoms with Gasteiger partial charge in [0, 0.05) is 63.1 Å². The zero-order chi connectivity index (χ0) is 24.2. The van der Waals surface area contributed by atoms with E-state index >= 15 is 0 Å². The van der Waals surface area contributed by atoms with Crippen molar-refractivity contribution in [2.75, 3.05) is 51.3 Å². The van der Waals surface area contributed by atoms with E-state index in [-0.39, 0.29) is 18.0 Å². The Labute approximate surface area is 206 Å². The zero-order valence-electron chi connectivity index (χ0n) is 20.3. The van der Waals surface area contributed by atoms with Gasteiger partial charge in [-0.15, -0.1) is 5.06 Å². The van der Waals surface area contributed by atoms with Gasteiger partial charge >= 0.3 is 5.97 Å². The van der Waals surface area contributed by atoms with Crippen LogP contribution in [-0.2, 0) is 9.57 Å². The van der Waals surface area contributed by atoms with E-state index in [1.165, 1.54) is 12.1 Å². The van der Waals surface area contributed by atoms with Crippen LogP contribution in [-0.4, -0.2) is 86.4 Å². The number of hydrogen-bond donors (Lipinski definition) is 1. The lowest BCUT2D eigenvalue weighted by Gasteiger charge is -2.49. The largest absolute Gasteiger partial charge is 0.376 e. The Morgan fingerprint density at radius 3 is 2.29 bits per heavy atom. The molecule has 8 nitrogen and oxygen atoms in total. The summed E-state index contributed by atoms with van der Waals surface area (Å²) in [7, 11) is 1.81. The average Bonchev–Trinajstić information content (AvgIpc) is 2.89. The van der Waals surface area contributed by atoms with Crippen molar-refractivity contribution in [2.24, 2.45) is 0 Å². The molecule has 1 amide bonds. The van der Waals surface area contributed by atoms with Gasteiger partial charge in [0.1, 0.15) is 0 Å². The average molecular weight is 479 g/mol. The smallest absolute Gasteiger partial charge is 0.357 e. The van der Waals surface area contributed by atoms with Crippen LogP contribution >= 0.6 is 0 Å². The van der Waals surface area contributed by atoms with Crippen LogP contribution in [0.2, 0.25) is 0 Å². The van der Waals surface area contributed by atoms with Crippen LogP contribution in [0, 0.1) is 0 Å². The summed E-state index contributed by atoms with van der Waals surface area (Å²) >= 11 is 0. The highest BCUT2D eigenvalue weighted by molar-refractivity contribution is 5.94. The van der Waals surface area contributed by atoms with Crippen LogP contribution in [0.1, 0.15) is 40.0 Å². The molecule has 8 heteroatoms. The van der Waals surface area contributed by atoms with E-state index in [1.54, 1.807) is 22.1 Å². The number of rotatable bonds is 8. The molecule has 0 aliphatic carbocycles. The third-order valence-corrected chi connectivity index (χ3v) is 7.15. The highest BCUT2D eigenvalue weighted by Gasteiger charge is 2.36. The van der Waals surface area contributed by atoms with E-state index in [1.807, 2.05) is 37.4 Å². The minimum absolute atomic E-state index is 0.00551. The predicted octanol–water partition coefficient (Wildman–Crippen LogP) is 2.56. The third-order valence-electron chi connectivity index (χ3n) is 7.15. The van der Waals surface area contributed by atoms with Crippen LogP contribution in [0.15, 0.2) is 54.6 Å². The summed E-state index contributed by atoms with van der Waals surface area (Å²) in [5, 5.41) is 5.25. The Balaban J connectivity index is 1.00. The fourth-order valence-electron chi connectivity index (χ4n) is 5.05. The number of carbonyl (C=O) groups is 2. The van der Waals surface area contributed by atoms with Crippen molar-refractivity contribution in [1.82, 2.24) is 15.3 Å². The van der Waals surface area contributed by atoms with E-state index in [2.05, 4.69) is 22.3 Å². The number of ether oxygens (including phenoxy) is 1. The highest BCUT2D eigenvalue weighted by atomic mass is 16.7. The summed E-state index contributed by atoms with van der Waals surface area (Å²) in [6.07, 6.45) is 2.96. The standard InChI is InChI=1S/C27H34N4O4/c1-29(26(32)20-7-9-24(10-8-20)30-18-22-17-23(19-30)28-22)15-16-34-25-11-13-31(14-12-25)35-27(33)21-5-3-2-4-6-21/h2-10,22-23,25,28H,11-19H2,1H3. The van der Waals surface area contributed by atoms with Crippen LogP contribution in [0.25, 0.3) is 0 Å². The minimum atomic E-state index is -0.331. The summed E-state index contributed by atoms with van der Waals surface area (Å²) < 4.78 is 6.02. The summed E-state index contributed by atoms with van der Waals surface area (Å²) in [6.45, 7) is 4.37. The van der Waals surface area contributed by atoms with Crippen molar-refractivity contribution >= 4 is 17.6 Å². The van der Waals surface area contributed by atoms with Crippen molar-refractivity contribution in [3.63, 3.8) is 0 Å². The first-order valence-electron chi connectivity index (χ1n) is 12.6. The van der Waals surface area contributed by atoms with E-state index in [4.69, 9.17) is 9.57 Å². The molecule has 2 unspecified atom stereocenters. The molecule has 2 aromatic carbocycles. The van der Waals surface area contributed by atoms with E-state index < -0.39 is 0 Å². The quantitative estimate of drug-likeness (QED) is 0.625. The molecule has 186 valence electrons. The Hall–Kier alpha value is -2.94. The highest BCUT2D eigenvalue weighted by Crippen LogP contribution is 2.26. The molecule has 2 atom stereocenters. The Morgan fingerprint density at radius 1 is 0.971 bits per heavy atom. The lowest BCUT2D eigenvalue weighted by molar-refractivity contribution is -0.140. The summed E-state index contributed by atoms with van der Waals surface area (Å²) in [6, 6.07) is 18.2. The molecule has 2 bridgehead atoms. The number of likely N-dealkylation sites (N-methyl/N-ethyl adjacent to an activating group) is 1. The molecule has 2 aromatic rings. The van der Waals surface area contributed by atoms with Crippen LogP contribution in [0.4, 0.5) is 5.69 Å². The molecule has 4 heterocycles. The molecule has 0 spiro atoms. The molecule has 4 aliphatic heterocycles. The number of carbonyl (C=O) groups excluding carboxylic acids is 2. The number of nitrogens with one attached hydrogen (secondary N) is 1. The first-order chi connectivity index (χ1) is 17.0. The van der Waals surface area contributed by atoms with Gasteiger partial charge in [0.25, 0.3) is 5.91 Å². The summed E-state index contributed by atoms with van der Waals surface area (Å²) in [5.41, 5.74) is 2.43. The van der Waals surface area contributed by atoms with Gasteiger partial charge in [-0.05, 0) is 55.7 Å². The van der Waals surface area contributed by atoms with Gasteiger partial charge in [-0.2, -0.15) is 0 Å². The maximum absolute atomic E-state index is 12.8. The van der Waals surface area contributed by atoms with E-state index in [9.17, 15) is 9.59 Å². The SMILES string of the molecule is CN(CCOC1CCN(OC(=O)c2ccccc2)CC1)C(=O)c1ccc(N2CC3CC(C2)N3)cc1. The minimum Gasteiger partial charge on any atom is -0.376 e. The number of nitrogens with zero attached hydrogens (tertiary/aromatic N) is 3. The molecule has 0 aromatic heterocycles. The second-order valence-corrected chi connectivity index (χ2v) is 9.72. The Morgan fingerprint density at radius 2 is 1.63 bits per heavy atom. The molecular weight excluding hydrogens is 444 g/mol. The van der Waals surface area contributed by atoms with Gasteiger partial charge in [-0.3, -0.25) is 4.79 Å². The van der Waals surface area contributed by atoms with Crippen molar-refractivity contribution in [1.29, 1.82) is 0 Å². The molecule has 4 saturated heterocycles. The fourth-order valence-corrected chi connectivity index (χ4v) is 5.05. The monoisotopic (exact) mass is 478 g/mol. The number of hydroxylamine groups is 2. The Bertz CT molecular complexity index is 992. The molecule has 4 fully saturated rings. The van der Waals surface area contributed by atoms with E-state index in [0.717, 1.165) is 25.9 Å². The molecule has 0 saturated carbocycles. The van der Waals surface area contributed by atoms with Gasteiger partial charge in [0.15, 0.2) is 0 Å². The normalized spacial score (nSPS) is 22.4. The number of anilines is 1. The molecule has 4 aliphatic rings. The molecular formula is C27H34N4O4. The maximum atomic E-state index is 12.8. The van der Waals surface area contributed by atoms with Crippen LogP contribution in [0.3, 0.4) is 0 Å². The van der Waals surface area contributed by atoms with Crippen molar-refractivity contribution in [3.05, 3.63) is 65.7 Å². The number of amides is 1. The van der Waals surface area contributed by atoms with Crippen molar-refractivity contribution < 1.29 is 19.2 Å². The van der Waals surface area contributed by atoms with Gasteiger partial charge in [-0.1, -0.05) is 18.2 Å². The number of piperazine rings is 1. The lowest BCUT2D eigenvalue weighted by Crippen LogP contribution is -2.67. The van der Waals surface area contributed by atoms with E-state index in [0.29, 0.717) is 49.5 Å². The van der Waals surface area contributed by atoms with Crippen molar-refractivity contribution in [3.8, 4) is 0 Å². The number of benzene rings is 2. The maximum Gasteiger partial charge on any atom is 0.357 e. The lowest BCUT2D eigenvalue weighted by atomic mass is 9.91. The number of fused-ring (bicyclic) bond motifs is 2. The topological polar surface area (TPSA) is 74.4 Å². The first-order valence-corrected chi connectivity index (χ1v) is 12.6. The molecule has 35 heavy (non-hydrogen) atoms. The molecule has 6 rings (SSSR count). The second-order valence-electron chi connectivity index (χ2n) is 9.72. The van der Waals surface area contributed by atoms with Gasteiger partial charge < -0.3 is 24.7 Å². The second kappa shape index (κ2) is 10.8. The summed E-state index contributed by atoms with van der Waals surface area (Å²) in [4.78, 5) is 34.6. The Kier molecular flexibility index (Phi) is 7.32. The third kappa shape index (κ3) is 5.83. The zero-order valence-corrected chi connectivity index (χ0v) is 20.3. The summed E-state index contributed by atoms with van der Waals surface area (Å²) in [5.74, 6) is -0.325. The van der Waals surface area contributed by atoms with Gasteiger partial charge in [0.2, 0.25) is 0 Å². The number of piperidine rings is 2. The molecule has 0 radical (unpaired) electrons. The van der Waals surface area contributed by atoms with Gasteiger partial charge in [-0.25, -0.2) is 4.79 Å². The number of hydrogen-bond acceptors (Lipinski definition) is 7.